The SMILES string of the molecule is COc1ncnc2ccn(-c3cnc4nc(C)n(Cc5cc(F)cc([N+](=O)[O-])c5)c4c3)c12. The summed E-state index contributed by atoms with van der Waals surface area (Å²) in [6, 6.07) is 7.26. The van der Waals surface area contributed by atoms with Crippen LogP contribution in [-0.2, 0) is 6.54 Å². The number of imidazole rings is 1. The highest BCUT2D eigenvalue weighted by atomic mass is 19.1. The van der Waals surface area contributed by atoms with Gasteiger partial charge in [-0.1, -0.05) is 0 Å². The average Bonchev–Trinajstić information content (AvgIpc) is 3.34. The minimum Gasteiger partial charge on any atom is -0.479 e. The van der Waals surface area contributed by atoms with Gasteiger partial charge in [0.15, 0.2) is 5.65 Å². The van der Waals surface area contributed by atoms with Crippen LogP contribution in [0.3, 0.4) is 0 Å². The summed E-state index contributed by atoms with van der Waals surface area (Å²) in [7, 11) is 1.54. The highest BCUT2D eigenvalue weighted by Crippen LogP contribution is 2.27. The fraction of sp³-hybridized carbons (Fsp3) is 0.143. The van der Waals surface area contributed by atoms with Crippen LogP contribution in [0, 0.1) is 22.9 Å². The Hall–Kier alpha value is -4.41. The third-order valence-corrected chi connectivity index (χ3v) is 5.19. The fourth-order valence-corrected chi connectivity index (χ4v) is 3.76. The average molecular weight is 433 g/mol. The number of halogens is 1. The third-order valence-electron chi connectivity index (χ3n) is 5.19. The van der Waals surface area contributed by atoms with E-state index in [2.05, 4.69) is 19.9 Å². The molecule has 0 saturated heterocycles. The molecule has 11 heteroatoms. The van der Waals surface area contributed by atoms with Crippen LogP contribution >= 0.6 is 0 Å². The van der Waals surface area contributed by atoms with Gasteiger partial charge in [0.1, 0.15) is 23.5 Å². The van der Waals surface area contributed by atoms with Gasteiger partial charge >= 0.3 is 0 Å². The highest BCUT2D eigenvalue weighted by Gasteiger charge is 2.16. The molecule has 32 heavy (non-hydrogen) atoms. The van der Waals surface area contributed by atoms with E-state index in [1.165, 1.54) is 25.6 Å². The summed E-state index contributed by atoms with van der Waals surface area (Å²) in [5.74, 6) is 0.410. The molecule has 0 aliphatic carbocycles. The number of pyridine rings is 1. The Morgan fingerprint density at radius 2 is 2.03 bits per heavy atom. The maximum absolute atomic E-state index is 13.9. The molecule has 5 aromatic rings. The summed E-state index contributed by atoms with van der Waals surface area (Å²) < 4.78 is 23.0. The first kappa shape index (κ1) is 19.5. The number of aromatic nitrogens is 6. The van der Waals surface area contributed by atoms with Crippen molar-refractivity contribution in [2.75, 3.05) is 7.11 Å². The van der Waals surface area contributed by atoms with Crippen LogP contribution in [0.1, 0.15) is 11.4 Å². The number of rotatable bonds is 5. The Kier molecular flexibility index (Phi) is 4.51. The minimum absolute atomic E-state index is 0.199. The van der Waals surface area contributed by atoms with Crippen molar-refractivity contribution in [2.45, 2.75) is 13.5 Å². The zero-order valence-electron chi connectivity index (χ0n) is 17.1. The predicted octanol–water partition coefficient (Wildman–Crippen LogP) is 3.58. The number of methoxy groups -OCH3 is 1. The zero-order chi connectivity index (χ0) is 22.4. The molecule has 0 unspecified atom stereocenters. The Balaban J connectivity index is 1.64. The van der Waals surface area contributed by atoms with Crippen LogP contribution in [0.5, 0.6) is 5.88 Å². The second kappa shape index (κ2) is 7.38. The van der Waals surface area contributed by atoms with Gasteiger partial charge in [0.2, 0.25) is 5.88 Å². The van der Waals surface area contributed by atoms with E-state index < -0.39 is 10.7 Å². The first-order chi connectivity index (χ1) is 15.4. The van der Waals surface area contributed by atoms with Crippen LogP contribution in [0.2, 0.25) is 0 Å². The monoisotopic (exact) mass is 433 g/mol. The molecule has 1 aromatic carbocycles. The predicted molar refractivity (Wildman–Crippen MR) is 113 cm³/mol. The van der Waals surface area contributed by atoms with E-state index >= 15 is 0 Å². The first-order valence-corrected chi connectivity index (χ1v) is 9.58. The fourth-order valence-electron chi connectivity index (χ4n) is 3.76. The lowest BCUT2D eigenvalue weighted by Crippen LogP contribution is -2.04. The Bertz CT molecular complexity index is 1510. The number of benzene rings is 1. The van der Waals surface area contributed by atoms with Crippen LogP contribution < -0.4 is 4.74 Å². The smallest absolute Gasteiger partial charge is 0.272 e. The lowest BCUT2D eigenvalue weighted by molar-refractivity contribution is -0.385. The summed E-state index contributed by atoms with van der Waals surface area (Å²) >= 11 is 0. The molecule has 0 bridgehead atoms. The maximum Gasteiger partial charge on any atom is 0.272 e. The quantitative estimate of drug-likeness (QED) is 0.307. The van der Waals surface area contributed by atoms with Crippen molar-refractivity contribution < 1.29 is 14.1 Å². The van der Waals surface area contributed by atoms with Gasteiger partial charge in [-0.3, -0.25) is 10.1 Å². The van der Waals surface area contributed by atoms with E-state index in [0.717, 1.165) is 11.8 Å². The van der Waals surface area contributed by atoms with E-state index in [1.54, 1.807) is 13.1 Å². The lowest BCUT2D eigenvalue weighted by atomic mass is 10.2. The highest BCUT2D eigenvalue weighted by molar-refractivity contribution is 5.83. The van der Waals surface area contributed by atoms with Crippen LogP contribution in [0.4, 0.5) is 10.1 Å². The molecule has 0 aliphatic rings. The van der Waals surface area contributed by atoms with Crippen LogP contribution in [-0.4, -0.2) is 41.1 Å². The Morgan fingerprint density at radius 1 is 1.19 bits per heavy atom. The van der Waals surface area contributed by atoms with Gasteiger partial charge in [0.25, 0.3) is 5.69 Å². The first-order valence-electron chi connectivity index (χ1n) is 9.58. The molecule has 0 N–H and O–H groups in total. The number of fused-ring (bicyclic) bond motifs is 2. The second-order valence-corrected chi connectivity index (χ2v) is 7.16. The number of hydrogen-bond acceptors (Lipinski definition) is 7. The second-order valence-electron chi connectivity index (χ2n) is 7.16. The Labute approximate surface area is 180 Å². The molecule has 0 aliphatic heterocycles. The molecule has 5 rings (SSSR count). The summed E-state index contributed by atoms with van der Waals surface area (Å²) in [5, 5.41) is 11.1. The van der Waals surface area contributed by atoms with Crippen molar-refractivity contribution >= 4 is 27.9 Å². The number of non-ortho nitro benzene ring substituents is 1. The van der Waals surface area contributed by atoms with Gasteiger partial charge in [-0.2, -0.15) is 4.98 Å². The van der Waals surface area contributed by atoms with Gasteiger partial charge in [-0.25, -0.2) is 19.3 Å². The summed E-state index contributed by atoms with van der Waals surface area (Å²) in [6.07, 6.45) is 4.95. The van der Waals surface area contributed by atoms with Gasteiger partial charge in [-0.05, 0) is 30.7 Å². The summed E-state index contributed by atoms with van der Waals surface area (Å²) in [4.78, 5) is 27.9. The van der Waals surface area contributed by atoms with E-state index in [4.69, 9.17) is 4.74 Å². The third kappa shape index (κ3) is 3.20. The maximum atomic E-state index is 13.9. The molecule has 4 aromatic heterocycles. The Morgan fingerprint density at radius 3 is 2.81 bits per heavy atom. The molecule has 0 amide bonds. The number of hydrogen-bond donors (Lipinski definition) is 0. The van der Waals surface area contributed by atoms with Crippen molar-refractivity contribution in [1.29, 1.82) is 0 Å². The number of nitrogens with zero attached hydrogens (tertiary/aromatic N) is 7. The van der Waals surface area contributed by atoms with E-state index in [1.807, 2.05) is 27.5 Å². The number of nitro benzene ring substituents is 1. The summed E-state index contributed by atoms with van der Waals surface area (Å²) in [5.41, 5.74) is 3.50. The molecule has 0 fully saturated rings. The molecule has 0 saturated carbocycles. The molecule has 160 valence electrons. The molecule has 0 radical (unpaired) electrons. The minimum atomic E-state index is -0.666. The van der Waals surface area contributed by atoms with E-state index in [9.17, 15) is 14.5 Å². The standard InChI is InChI=1S/C21H16FN7O3/c1-12-26-20-18(28(12)10-13-5-14(22)7-15(6-13)29(30)31)8-16(9-23-20)27-4-3-17-19(27)21(32-2)25-11-24-17/h3-9,11H,10H2,1-2H3. The number of ether oxygens (including phenoxy) is 1. The van der Waals surface area contributed by atoms with E-state index in [-0.39, 0.29) is 12.2 Å². The molecule has 10 nitrogen and oxygen atoms in total. The lowest BCUT2D eigenvalue weighted by Gasteiger charge is -2.10. The van der Waals surface area contributed by atoms with Crippen LogP contribution in [0.15, 0.2) is 49.1 Å². The van der Waals surface area contributed by atoms with Gasteiger partial charge in [-0.15, -0.1) is 0 Å². The van der Waals surface area contributed by atoms with Gasteiger partial charge < -0.3 is 13.9 Å². The summed E-state index contributed by atoms with van der Waals surface area (Å²) in [6.45, 7) is 2.00. The molecular weight excluding hydrogens is 417 g/mol. The normalized spacial score (nSPS) is 11.3. The van der Waals surface area contributed by atoms with Gasteiger partial charge in [0, 0.05) is 18.8 Å². The van der Waals surface area contributed by atoms with Crippen molar-refractivity contribution in [1.82, 2.24) is 29.1 Å². The number of aryl methyl sites for hydroxylation is 1. The molecular formula is C21H16FN7O3. The van der Waals surface area contributed by atoms with Crippen molar-refractivity contribution in [3.8, 4) is 11.6 Å². The zero-order valence-corrected chi connectivity index (χ0v) is 17.1. The van der Waals surface area contributed by atoms with Gasteiger partial charge in [0.05, 0.1) is 41.0 Å². The topological polar surface area (TPSA) is 114 Å². The molecule has 4 heterocycles. The number of nitro groups is 1. The molecule has 0 atom stereocenters. The van der Waals surface area contributed by atoms with Crippen molar-refractivity contribution in [3.63, 3.8) is 0 Å². The van der Waals surface area contributed by atoms with Crippen LogP contribution in [0.25, 0.3) is 27.9 Å². The largest absolute Gasteiger partial charge is 0.479 e. The van der Waals surface area contributed by atoms with Crippen molar-refractivity contribution in [2.24, 2.45) is 0 Å². The van der Waals surface area contributed by atoms with Crippen molar-refractivity contribution in [3.05, 3.63) is 76.4 Å². The van der Waals surface area contributed by atoms with E-state index in [0.29, 0.717) is 39.5 Å². The molecule has 0 spiro atoms.